The average molecular weight is 401 g/mol. The predicted octanol–water partition coefficient (Wildman–Crippen LogP) is 2.71. The van der Waals surface area contributed by atoms with Gasteiger partial charge in [0.15, 0.2) is 0 Å². The SMILES string of the molecule is CCCO.CCCO.CCCO.CCCO.CCCO.F.F.F.F.F. The second kappa shape index (κ2) is 132. The lowest BCUT2D eigenvalue weighted by Gasteiger charge is -1.69. The Bertz CT molecular complexity index is 67.5. The molecule has 0 aromatic heterocycles. The molecule has 170 valence electrons. The molecule has 0 amide bonds. The maximum Gasteiger partial charge on any atom is 0.0428 e. The van der Waals surface area contributed by atoms with E-state index < -0.39 is 0 Å². The fourth-order valence-electron chi connectivity index (χ4n) is 0. The molecule has 0 aliphatic carbocycles. The summed E-state index contributed by atoms with van der Waals surface area (Å²) in [6.07, 6.45) is 4.38. The first-order valence-corrected chi connectivity index (χ1v) is 7.62. The molecular formula is C15H45F5O5. The van der Waals surface area contributed by atoms with Gasteiger partial charge in [0.2, 0.25) is 0 Å². The van der Waals surface area contributed by atoms with E-state index in [4.69, 9.17) is 25.5 Å². The Kier molecular flexibility index (Phi) is 341. The largest absolute Gasteiger partial charge is 0.396 e. The van der Waals surface area contributed by atoms with Gasteiger partial charge in [-0.15, -0.1) is 0 Å². The fourth-order valence-corrected chi connectivity index (χ4v) is 0. The van der Waals surface area contributed by atoms with Crippen LogP contribution >= 0.6 is 0 Å². The van der Waals surface area contributed by atoms with Crippen LogP contribution in [0.2, 0.25) is 0 Å². The smallest absolute Gasteiger partial charge is 0.0428 e. The van der Waals surface area contributed by atoms with Gasteiger partial charge in [-0.05, 0) is 32.1 Å². The molecule has 0 aliphatic heterocycles. The normalized spacial score (nSPS) is 6.00. The molecule has 0 spiro atoms. The Morgan fingerprint density at radius 2 is 0.360 bits per heavy atom. The highest BCUT2D eigenvalue weighted by atomic mass is 19.0. The van der Waals surface area contributed by atoms with Gasteiger partial charge < -0.3 is 25.5 Å². The Hall–Kier alpha value is -0.550. The highest BCUT2D eigenvalue weighted by Crippen LogP contribution is 1.62. The minimum absolute atomic E-state index is 0. The number of hydrogen-bond donors (Lipinski definition) is 5. The summed E-state index contributed by atoms with van der Waals surface area (Å²) in [4.78, 5) is 0. The van der Waals surface area contributed by atoms with Crippen LogP contribution in [-0.4, -0.2) is 58.6 Å². The molecule has 10 heteroatoms. The van der Waals surface area contributed by atoms with Crippen LogP contribution in [0.5, 0.6) is 0 Å². The average Bonchev–Trinajstić information content (AvgIpc) is 2.55. The molecule has 25 heavy (non-hydrogen) atoms. The Morgan fingerprint density at radius 3 is 0.360 bits per heavy atom. The lowest BCUT2D eigenvalue weighted by molar-refractivity contribution is 0.294. The van der Waals surface area contributed by atoms with Gasteiger partial charge in [-0.25, -0.2) is 0 Å². The summed E-state index contributed by atoms with van der Waals surface area (Å²) in [5, 5.41) is 39.4. The maximum absolute atomic E-state index is 7.88. The third-order valence-electron chi connectivity index (χ3n) is 1.12. The van der Waals surface area contributed by atoms with Crippen molar-refractivity contribution in [3.8, 4) is 0 Å². The van der Waals surface area contributed by atoms with E-state index >= 15 is 0 Å². The Balaban J connectivity index is -0.0000000134. The summed E-state index contributed by atoms with van der Waals surface area (Å²) in [5.74, 6) is 0. The standard InChI is InChI=1S/5C3H8O.5FH/c5*1-2-3-4;;;;;/h5*4H,2-3H2,1H3;5*1H. The summed E-state index contributed by atoms with van der Waals surface area (Å²) in [5.41, 5.74) is 0. The van der Waals surface area contributed by atoms with Gasteiger partial charge in [0, 0.05) is 33.0 Å². The molecule has 0 radical (unpaired) electrons. The molecule has 0 aliphatic rings. The third-order valence-corrected chi connectivity index (χ3v) is 1.12. The lowest BCUT2D eigenvalue weighted by atomic mass is 10.5. The van der Waals surface area contributed by atoms with E-state index in [1.54, 1.807) is 0 Å². The van der Waals surface area contributed by atoms with Crippen molar-refractivity contribution in [3.05, 3.63) is 0 Å². The minimum Gasteiger partial charge on any atom is -0.396 e. The van der Waals surface area contributed by atoms with Gasteiger partial charge in [0.05, 0.1) is 0 Å². The highest BCUT2D eigenvalue weighted by Gasteiger charge is 1.58. The van der Waals surface area contributed by atoms with Crippen molar-refractivity contribution in [2.45, 2.75) is 66.7 Å². The van der Waals surface area contributed by atoms with E-state index in [-0.39, 0.29) is 23.5 Å². The van der Waals surface area contributed by atoms with Crippen molar-refractivity contribution in [1.29, 1.82) is 0 Å². The first-order valence-electron chi connectivity index (χ1n) is 7.62. The van der Waals surface area contributed by atoms with Crippen LogP contribution in [0.3, 0.4) is 0 Å². The van der Waals surface area contributed by atoms with Crippen molar-refractivity contribution in [3.63, 3.8) is 0 Å². The highest BCUT2D eigenvalue weighted by molar-refractivity contribution is 4.11. The molecule has 0 saturated carbocycles. The lowest BCUT2D eigenvalue weighted by Crippen LogP contribution is -1.69. The minimum atomic E-state index is 0. The topological polar surface area (TPSA) is 101 Å². The summed E-state index contributed by atoms with van der Waals surface area (Å²) in [6, 6.07) is 0. The molecule has 0 aromatic rings. The van der Waals surface area contributed by atoms with Crippen LogP contribution in [0.15, 0.2) is 0 Å². The predicted molar refractivity (Wildman–Crippen MR) is 99.4 cm³/mol. The molecule has 0 atom stereocenters. The molecule has 0 fully saturated rings. The number of halogens is 5. The molecule has 0 saturated heterocycles. The van der Waals surface area contributed by atoms with E-state index in [0.717, 1.165) is 32.1 Å². The molecular weight excluding hydrogens is 355 g/mol. The quantitative estimate of drug-likeness (QED) is 0.457. The van der Waals surface area contributed by atoms with Crippen molar-refractivity contribution >= 4 is 0 Å². The summed E-state index contributed by atoms with van der Waals surface area (Å²) in [6.45, 7) is 11.2. The summed E-state index contributed by atoms with van der Waals surface area (Å²) in [7, 11) is 0. The van der Waals surface area contributed by atoms with Gasteiger partial charge in [-0.2, -0.15) is 0 Å². The van der Waals surface area contributed by atoms with Crippen LogP contribution < -0.4 is 0 Å². The van der Waals surface area contributed by atoms with E-state index in [0.29, 0.717) is 33.0 Å². The molecule has 0 bridgehead atoms. The first kappa shape index (κ1) is 64.4. The number of hydrogen-bond acceptors (Lipinski definition) is 5. The van der Waals surface area contributed by atoms with Crippen LogP contribution in [0.4, 0.5) is 23.5 Å². The molecule has 5 nitrogen and oxygen atoms in total. The number of aliphatic hydroxyl groups excluding tert-OH is 5. The van der Waals surface area contributed by atoms with Gasteiger partial charge in [0.25, 0.3) is 0 Å². The molecule has 5 N–H and O–H groups in total. The fraction of sp³-hybridized carbons (Fsp3) is 1.00. The van der Waals surface area contributed by atoms with Crippen LogP contribution in [0.1, 0.15) is 66.7 Å². The maximum atomic E-state index is 7.88. The second-order valence-corrected chi connectivity index (χ2v) is 3.62. The van der Waals surface area contributed by atoms with Crippen molar-refractivity contribution in [1.82, 2.24) is 0 Å². The molecule has 0 unspecified atom stereocenters. The summed E-state index contributed by atoms with van der Waals surface area (Å²) >= 11 is 0. The number of aliphatic hydroxyl groups is 5. The van der Waals surface area contributed by atoms with E-state index in [1.807, 2.05) is 34.6 Å². The van der Waals surface area contributed by atoms with Gasteiger partial charge in [-0.3, -0.25) is 23.5 Å². The molecule has 0 heterocycles. The zero-order chi connectivity index (χ0) is 17.1. The Morgan fingerprint density at radius 1 is 0.320 bits per heavy atom. The summed E-state index contributed by atoms with van der Waals surface area (Å²) < 4.78 is 0. The Labute approximate surface area is 149 Å². The van der Waals surface area contributed by atoms with Crippen molar-refractivity contribution in [2.24, 2.45) is 0 Å². The molecule has 0 rings (SSSR count). The van der Waals surface area contributed by atoms with E-state index in [9.17, 15) is 0 Å². The van der Waals surface area contributed by atoms with Crippen molar-refractivity contribution < 1.29 is 49.1 Å². The van der Waals surface area contributed by atoms with Crippen LogP contribution in [-0.2, 0) is 0 Å². The van der Waals surface area contributed by atoms with Crippen LogP contribution in [0, 0.1) is 0 Å². The first-order chi connectivity index (χ1) is 9.57. The van der Waals surface area contributed by atoms with Gasteiger partial charge in [0.1, 0.15) is 0 Å². The van der Waals surface area contributed by atoms with Gasteiger partial charge >= 0.3 is 0 Å². The zero-order valence-electron chi connectivity index (χ0n) is 16.3. The van der Waals surface area contributed by atoms with Gasteiger partial charge in [-0.1, -0.05) is 34.6 Å². The third kappa shape index (κ3) is 545. The second-order valence-electron chi connectivity index (χ2n) is 3.62. The van der Waals surface area contributed by atoms with E-state index in [1.165, 1.54) is 0 Å². The molecule has 0 aromatic carbocycles. The van der Waals surface area contributed by atoms with Crippen molar-refractivity contribution in [2.75, 3.05) is 33.0 Å². The monoisotopic (exact) mass is 400 g/mol. The van der Waals surface area contributed by atoms with E-state index in [2.05, 4.69) is 0 Å². The zero-order valence-corrected chi connectivity index (χ0v) is 16.3. The number of rotatable bonds is 5. The van der Waals surface area contributed by atoms with Crippen LogP contribution in [0.25, 0.3) is 0 Å².